The summed E-state index contributed by atoms with van der Waals surface area (Å²) in [5.41, 5.74) is 3.89. The smallest absolute Gasteiger partial charge is 0.226 e. The van der Waals surface area contributed by atoms with Gasteiger partial charge in [0.05, 0.1) is 6.42 Å². The fourth-order valence-corrected chi connectivity index (χ4v) is 4.98. The molecule has 3 heteroatoms. The van der Waals surface area contributed by atoms with E-state index in [1.807, 2.05) is 42.3 Å². The zero-order valence-corrected chi connectivity index (χ0v) is 19.8. The summed E-state index contributed by atoms with van der Waals surface area (Å²) in [4.78, 5) is 17.4. The first-order chi connectivity index (χ1) is 16.2. The average molecular weight is 441 g/mol. The highest BCUT2D eigenvalue weighted by Crippen LogP contribution is 2.29. The molecule has 0 spiro atoms. The van der Waals surface area contributed by atoms with Gasteiger partial charge in [-0.3, -0.25) is 4.79 Å². The molecule has 0 radical (unpaired) electrons. The lowest BCUT2D eigenvalue weighted by Gasteiger charge is -2.33. The Kier molecular flexibility index (Phi) is 8.32. The Morgan fingerprint density at radius 3 is 2.09 bits per heavy atom. The molecule has 33 heavy (non-hydrogen) atoms. The van der Waals surface area contributed by atoms with Crippen molar-refractivity contribution in [3.05, 3.63) is 108 Å². The Hall–Kier alpha value is -2.91. The van der Waals surface area contributed by atoms with Crippen molar-refractivity contribution in [1.82, 2.24) is 9.80 Å². The molecule has 172 valence electrons. The van der Waals surface area contributed by atoms with E-state index in [-0.39, 0.29) is 5.91 Å². The molecule has 1 aliphatic rings. The predicted octanol–water partition coefficient (Wildman–Crippen LogP) is 5.74. The van der Waals surface area contributed by atoms with Crippen LogP contribution in [-0.4, -0.2) is 48.9 Å². The van der Waals surface area contributed by atoms with Crippen LogP contribution in [0.1, 0.15) is 47.8 Å². The van der Waals surface area contributed by atoms with E-state index in [9.17, 15) is 4.79 Å². The molecule has 3 nitrogen and oxygen atoms in total. The van der Waals surface area contributed by atoms with Crippen LogP contribution in [0.3, 0.4) is 0 Å². The maximum absolute atomic E-state index is 12.9. The maximum Gasteiger partial charge on any atom is 0.226 e. The van der Waals surface area contributed by atoms with Crippen LogP contribution in [-0.2, 0) is 11.2 Å². The second kappa shape index (κ2) is 11.8. The molecular weight excluding hydrogens is 404 g/mol. The van der Waals surface area contributed by atoms with Gasteiger partial charge in [-0.25, -0.2) is 0 Å². The summed E-state index contributed by atoms with van der Waals surface area (Å²) < 4.78 is 0. The molecule has 4 rings (SSSR count). The summed E-state index contributed by atoms with van der Waals surface area (Å²) in [6, 6.07) is 31.7. The van der Waals surface area contributed by atoms with E-state index in [0.29, 0.717) is 18.3 Å². The maximum atomic E-state index is 12.9. The van der Waals surface area contributed by atoms with Gasteiger partial charge in [0.2, 0.25) is 5.91 Å². The van der Waals surface area contributed by atoms with Crippen LogP contribution in [0.2, 0.25) is 0 Å². The number of likely N-dealkylation sites (tertiary alicyclic amines) is 1. The summed E-state index contributed by atoms with van der Waals surface area (Å²) in [6.07, 6.45) is 4.00. The van der Waals surface area contributed by atoms with Crippen LogP contribution in [0.4, 0.5) is 0 Å². The Morgan fingerprint density at radius 1 is 0.879 bits per heavy atom. The van der Waals surface area contributed by atoms with Gasteiger partial charge in [-0.05, 0) is 61.5 Å². The molecular formula is C30H36N2O. The predicted molar refractivity (Wildman–Crippen MR) is 136 cm³/mol. The normalized spacial score (nSPS) is 15.8. The van der Waals surface area contributed by atoms with Crippen LogP contribution in [0.5, 0.6) is 0 Å². The third-order valence-electron chi connectivity index (χ3n) is 7.04. The lowest BCUT2D eigenvalue weighted by atomic mass is 9.89. The standard InChI is InChI=1S/C30H36N2O/c1-31(30(33)23-25-11-5-2-6-12-25)24-29(27-15-9-4-10-16-27)19-22-32-20-17-28(18-21-32)26-13-7-3-8-14-26/h2-16,28-29H,17-24H2,1H3. The van der Waals surface area contributed by atoms with Crippen molar-refractivity contribution >= 4 is 5.91 Å². The van der Waals surface area contributed by atoms with Crippen molar-refractivity contribution in [3.63, 3.8) is 0 Å². The van der Waals surface area contributed by atoms with E-state index >= 15 is 0 Å². The van der Waals surface area contributed by atoms with Gasteiger partial charge in [-0.15, -0.1) is 0 Å². The minimum atomic E-state index is 0.186. The third-order valence-corrected chi connectivity index (χ3v) is 7.04. The van der Waals surface area contributed by atoms with E-state index in [1.54, 1.807) is 0 Å². The van der Waals surface area contributed by atoms with Gasteiger partial charge < -0.3 is 9.80 Å². The number of piperidine rings is 1. The van der Waals surface area contributed by atoms with Gasteiger partial charge in [-0.1, -0.05) is 91.0 Å². The van der Waals surface area contributed by atoms with Gasteiger partial charge in [-0.2, -0.15) is 0 Å². The largest absolute Gasteiger partial charge is 0.345 e. The average Bonchev–Trinajstić information content (AvgIpc) is 2.88. The van der Waals surface area contributed by atoms with Crippen molar-refractivity contribution in [2.45, 2.75) is 37.5 Å². The molecule has 1 saturated heterocycles. The van der Waals surface area contributed by atoms with Gasteiger partial charge in [0.25, 0.3) is 0 Å². The number of carbonyl (C=O) groups is 1. The molecule has 1 amide bonds. The number of benzene rings is 3. The minimum absolute atomic E-state index is 0.186. The highest BCUT2D eigenvalue weighted by molar-refractivity contribution is 5.78. The number of likely N-dealkylation sites (N-methyl/N-ethyl adjacent to an activating group) is 1. The zero-order valence-electron chi connectivity index (χ0n) is 19.8. The summed E-state index contributed by atoms with van der Waals surface area (Å²) in [5, 5.41) is 0. The van der Waals surface area contributed by atoms with E-state index in [0.717, 1.165) is 38.2 Å². The minimum Gasteiger partial charge on any atom is -0.345 e. The van der Waals surface area contributed by atoms with Crippen LogP contribution in [0, 0.1) is 0 Å². The molecule has 0 N–H and O–H groups in total. The van der Waals surface area contributed by atoms with Gasteiger partial charge in [0, 0.05) is 19.5 Å². The van der Waals surface area contributed by atoms with E-state index in [2.05, 4.69) is 65.6 Å². The zero-order chi connectivity index (χ0) is 22.9. The van der Waals surface area contributed by atoms with Crippen molar-refractivity contribution in [3.8, 4) is 0 Å². The summed E-state index contributed by atoms with van der Waals surface area (Å²) in [5.74, 6) is 1.22. The van der Waals surface area contributed by atoms with Crippen LogP contribution >= 0.6 is 0 Å². The summed E-state index contributed by atoms with van der Waals surface area (Å²) in [7, 11) is 1.95. The molecule has 0 bridgehead atoms. The Balaban J connectivity index is 1.32. The Bertz CT molecular complexity index is 966. The molecule has 1 aliphatic heterocycles. The van der Waals surface area contributed by atoms with Crippen LogP contribution in [0.25, 0.3) is 0 Å². The van der Waals surface area contributed by atoms with Crippen molar-refractivity contribution < 1.29 is 4.79 Å². The molecule has 3 aromatic rings. The number of carbonyl (C=O) groups excluding carboxylic acids is 1. The van der Waals surface area contributed by atoms with Gasteiger partial charge in [0.15, 0.2) is 0 Å². The monoisotopic (exact) mass is 440 g/mol. The van der Waals surface area contributed by atoms with Crippen molar-refractivity contribution in [2.75, 3.05) is 33.2 Å². The van der Waals surface area contributed by atoms with Gasteiger partial charge >= 0.3 is 0 Å². The second-order valence-electron chi connectivity index (χ2n) is 9.36. The Labute approximate surface area is 199 Å². The number of amides is 1. The number of rotatable bonds is 9. The fraction of sp³-hybridized carbons (Fsp3) is 0.367. The van der Waals surface area contributed by atoms with E-state index < -0.39 is 0 Å². The number of hydrogen-bond donors (Lipinski definition) is 0. The topological polar surface area (TPSA) is 23.6 Å². The molecule has 1 atom stereocenters. The number of hydrogen-bond acceptors (Lipinski definition) is 2. The SMILES string of the molecule is CN(CC(CCN1CCC(c2ccccc2)CC1)c1ccccc1)C(=O)Cc1ccccc1. The second-order valence-corrected chi connectivity index (χ2v) is 9.36. The Morgan fingerprint density at radius 2 is 1.45 bits per heavy atom. The van der Waals surface area contributed by atoms with Crippen molar-refractivity contribution in [2.24, 2.45) is 0 Å². The van der Waals surface area contributed by atoms with Crippen LogP contribution in [0.15, 0.2) is 91.0 Å². The lowest BCUT2D eigenvalue weighted by molar-refractivity contribution is -0.129. The highest BCUT2D eigenvalue weighted by atomic mass is 16.2. The molecule has 1 heterocycles. The van der Waals surface area contributed by atoms with E-state index in [1.165, 1.54) is 24.0 Å². The van der Waals surface area contributed by atoms with E-state index in [4.69, 9.17) is 0 Å². The summed E-state index contributed by atoms with van der Waals surface area (Å²) >= 11 is 0. The quantitative estimate of drug-likeness (QED) is 0.423. The lowest BCUT2D eigenvalue weighted by Crippen LogP contribution is -2.36. The first kappa shape index (κ1) is 23.3. The number of nitrogens with zero attached hydrogens (tertiary/aromatic N) is 2. The third kappa shape index (κ3) is 6.79. The fourth-order valence-electron chi connectivity index (χ4n) is 4.98. The van der Waals surface area contributed by atoms with Gasteiger partial charge in [0.1, 0.15) is 0 Å². The van der Waals surface area contributed by atoms with Crippen LogP contribution < -0.4 is 0 Å². The first-order valence-corrected chi connectivity index (χ1v) is 12.3. The molecule has 0 aliphatic carbocycles. The first-order valence-electron chi connectivity index (χ1n) is 12.3. The molecule has 1 fully saturated rings. The molecule has 0 aromatic heterocycles. The molecule has 3 aromatic carbocycles. The highest BCUT2D eigenvalue weighted by Gasteiger charge is 2.23. The van der Waals surface area contributed by atoms with Crippen molar-refractivity contribution in [1.29, 1.82) is 0 Å². The molecule has 0 saturated carbocycles. The molecule has 1 unspecified atom stereocenters. The summed E-state index contributed by atoms with van der Waals surface area (Å²) in [6.45, 7) is 4.16.